The average Bonchev–Trinajstić information content (AvgIpc) is 2.39. The van der Waals surface area contributed by atoms with Crippen LogP contribution in [0.5, 0.6) is 0 Å². The lowest BCUT2D eigenvalue weighted by Crippen LogP contribution is -2.01. The lowest BCUT2D eigenvalue weighted by Gasteiger charge is -2.07. The van der Waals surface area contributed by atoms with E-state index in [2.05, 4.69) is 23.8 Å². The van der Waals surface area contributed by atoms with E-state index in [4.69, 9.17) is 5.73 Å². The van der Waals surface area contributed by atoms with Crippen molar-refractivity contribution in [3.63, 3.8) is 0 Å². The molecule has 0 spiro atoms. The van der Waals surface area contributed by atoms with E-state index in [1.54, 1.807) is 0 Å². The molecule has 0 atom stereocenters. The SMILES string of the molecule is CC(C)c1ccc(Sc2ncnc(N)c2[N+](=O)[O-])cc1. The molecule has 0 aliphatic heterocycles. The highest BCUT2D eigenvalue weighted by molar-refractivity contribution is 7.99. The van der Waals surface area contributed by atoms with Gasteiger partial charge in [-0.1, -0.05) is 37.7 Å². The number of benzene rings is 1. The molecule has 1 heterocycles. The second-order valence-electron chi connectivity index (χ2n) is 4.50. The minimum absolute atomic E-state index is 0.119. The standard InChI is InChI=1S/C13H14N4O2S/c1-8(2)9-3-5-10(6-4-9)20-13-11(17(18)19)12(14)15-7-16-13/h3-8H,1-2H3,(H2,14,15,16). The molecule has 0 saturated heterocycles. The lowest BCUT2D eigenvalue weighted by molar-refractivity contribution is -0.387. The maximum atomic E-state index is 11.0. The fourth-order valence-electron chi connectivity index (χ4n) is 1.65. The van der Waals surface area contributed by atoms with Crippen LogP contribution >= 0.6 is 11.8 Å². The summed E-state index contributed by atoms with van der Waals surface area (Å²) in [4.78, 5) is 18.9. The van der Waals surface area contributed by atoms with Gasteiger partial charge in [0.05, 0.1) is 4.92 Å². The topological polar surface area (TPSA) is 94.9 Å². The van der Waals surface area contributed by atoms with Crippen molar-refractivity contribution in [2.75, 3.05) is 5.73 Å². The van der Waals surface area contributed by atoms with Crippen molar-refractivity contribution in [2.24, 2.45) is 0 Å². The molecule has 2 rings (SSSR count). The molecule has 6 nitrogen and oxygen atoms in total. The summed E-state index contributed by atoms with van der Waals surface area (Å²) in [7, 11) is 0. The maximum absolute atomic E-state index is 11.0. The van der Waals surface area contributed by atoms with Crippen molar-refractivity contribution in [3.8, 4) is 0 Å². The molecule has 0 aliphatic rings. The molecule has 0 fully saturated rings. The van der Waals surface area contributed by atoms with Gasteiger partial charge in [-0.3, -0.25) is 10.1 Å². The van der Waals surface area contributed by atoms with Gasteiger partial charge in [-0.05, 0) is 23.6 Å². The third-order valence-corrected chi connectivity index (χ3v) is 3.76. The Morgan fingerprint density at radius 2 is 1.90 bits per heavy atom. The van der Waals surface area contributed by atoms with E-state index in [0.717, 1.165) is 4.90 Å². The van der Waals surface area contributed by atoms with Crippen LogP contribution in [0.1, 0.15) is 25.3 Å². The summed E-state index contributed by atoms with van der Waals surface area (Å²) in [5, 5.41) is 11.3. The Morgan fingerprint density at radius 3 is 2.45 bits per heavy atom. The van der Waals surface area contributed by atoms with E-state index in [0.29, 0.717) is 5.92 Å². The molecule has 20 heavy (non-hydrogen) atoms. The first-order valence-electron chi connectivity index (χ1n) is 6.01. The first-order valence-corrected chi connectivity index (χ1v) is 6.83. The highest BCUT2D eigenvalue weighted by atomic mass is 32.2. The van der Waals surface area contributed by atoms with E-state index < -0.39 is 4.92 Å². The number of hydrogen-bond acceptors (Lipinski definition) is 6. The lowest BCUT2D eigenvalue weighted by atomic mass is 10.0. The summed E-state index contributed by atoms with van der Waals surface area (Å²) >= 11 is 1.20. The van der Waals surface area contributed by atoms with Crippen LogP contribution in [-0.2, 0) is 0 Å². The molecule has 0 aliphatic carbocycles. The van der Waals surface area contributed by atoms with Gasteiger partial charge in [-0.25, -0.2) is 9.97 Å². The van der Waals surface area contributed by atoms with Crippen molar-refractivity contribution in [1.29, 1.82) is 0 Å². The Hall–Kier alpha value is -2.15. The minimum Gasteiger partial charge on any atom is -0.378 e. The molecule has 0 radical (unpaired) electrons. The van der Waals surface area contributed by atoms with Crippen LogP contribution in [-0.4, -0.2) is 14.9 Å². The van der Waals surface area contributed by atoms with Crippen molar-refractivity contribution < 1.29 is 4.92 Å². The van der Waals surface area contributed by atoms with E-state index in [1.165, 1.54) is 23.7 Å². The quantitative estimate of drug-likeness (QED) is 0.527. The van der Waals surface area contributed by atoms with Crippen LogP contribution in [0.15, 0.2) is 40.5 Å². The monoisotopic (exact) mass is 290 g/mol. The minimum atomic E-state index is -0.555. The molecule has 1 aromatic heterocycles. The number of anilines is 1. The third-order valence-electron chi connectivity index (χ3n) is 2.76. The Kier molecular flexibility index (Phi) is 4.19. The fourth-order valence-corrected chi connectivity index (χ4v) is 2.53. The Bertz CT molecular complexity index is 629. The summed E-state index contributed by atoms with van der Waals surface area (Å²) in [6.45, 7) is 4.22. The molecule has 104 valence electrons. The number of nitro groups is 1. The normalized spacial score (nSPS) is 10.8. The highest BCUT2D eigenvalue weighted by Crippen LogP contribution is 2.35. The van der Waals surface area contributed by atoms with E-state index in [-0.39, 0.29) is 16.5 Å². The molecule has 0 bridgehead atoms. The molecule has 0 saturated carbocycles. The summed E-state index contributed by atoms with van der Waals surface area (Å²) in [6.07, 6.45) is 1.23. The number of nitrogen functional groups attached to an aromatic ring is 1. The van der Waals surface area contributed by atoms with Crippen LogP contribution in [0.2, 0.25) is 0 Å². The summed E-state index contributed by atoms with van der Waals surface area (Å²) in [5.41, 5.74) is 6.50. The van der Waals surface area contributed by atoms with E-state index in [1.807, 2.05) is 24.3 Å². The van der Waals surface area contributed by atoms with Crippen LogP contribution in [0.25, 0.3) is 0 Å². The van der Waals surface area contributed by atoms with Crippen molar-refractivity contribution in [3.05, 3.63) is 46.3 Å². The molecule has 2 aromatic rings. The number of nitrogens with two attached hydrogens (primary N) is 1. The van der Waals surface area contributed by atoms with Gasteiger partial charge in [0.25, 0.3) is 0 Å². The van der Waals surface area contributed by atoms with Crippen LogP contribution in [0, 0.1) is 10.1 Å². The Morgan fingerprint density at radius 1 is 1.25 bits per heavy atom. The summed E-state index contributed by atoms with van der Waals surface area (Å²) in [6, 6.07) is 7.84. The van der Waals surface area contributed by atoms with Crippen molar-refractivity contribution in [1.82, 2.24) is 9.97 Å². The van der Waals surface area contributed by atoms with Gasteiger partial charge in [0.2, 0.25) is 5.82 Å². The summed E-state index contributed by atoms with van der Waals surface area (Å²) in [5.74, 6) is 0.324. The van der Waals surface area contributed by atoms with Crippen LogP contribution < -0.4 is 5.73 Å². The summed E-state index contributed by atoms with van der Waals surface area (Å²) < 4.78 is 0. The van der Waals surface area contributed by atoms with Gasteiger partial charge in [-0.2, -0.15) is 0 Å². The van der Waals surface area contributed by atoms with Gasteiger partial charge >= 0.3 is 5.69 Å². The molecule has 0 amide bonds. The molecular formula is C13H14N4O2S. The maximum Gasteiger partial charge on any atom is 0.343 e. The molecule has 7 heteroatoms. The third kappa shape index (κ3) is 3.05. The van der Waals surface area contributed by atoms with Crippen LogP contribution in [0.4, 0.5) is 11.5 Å². The van der Waals surface area contributed by atoms with Gasteiger partial charge in [-0.15, -0.1) is 0 Å². The first-order chi connectivity index (χ1) is 9.49. The predicted octanol–water partition coefficient (Wildman–Crippen LogP) is 3.24. The van der Waals surface area contributed by atoms with Gasteiger partial charge < -0.3 is 5.73 Å². The predicted molar refractivity (Wildman–Crippen MR) is 77.8 cm³/mol. The van der Waals surface area contributed by atoms with Gasteiger partial charge in [0.15, 0.2) is 5.03 Å². The molecule has 0 unspecified atom stereocenters. The van der Waals surface area contributed by atoms with Gasteiger partial charge in [0, 0.05) is 4.90 Å². The second-order valence-corrected chi connectivity index (χ2v) is 5.56. The highest BCUT2D eigenvalue weighted by Gasteiger charge is 2.21. The smallest absolute Gasteiger partial charge is 0.343 e. The Labute approximate surface area is 120 Å². The number of rotatable bonds is 4. The second kappa shape index (κ2) is 5.87. The zero-order valence-corrected chi connectivity index (χ0v) is 11.9. The molecular weight excluding hydrogens is 276 g/mol. The van der Waals surface area contributed by atoms with Crippen molar-refractivity contribution >= 4 is 23.3 Å². The zero-order chi connectivity index (χ0) is 14.7. The van der Waals surface area contributed by atoms with Crippen LogP contribution in [0.3, 0.4) is 0 Å². The largest absolute Gasteiger partial charge is 0.378 e. The number of nitrogens with zero attached hydrogens (tertiary/aromatic N) is 3. The fraction of sp³-hybridized carbons (Fsp3) is 0.231. The van der Waals surface area contributed by atoms with Crippen molar-refractivity contribution in [2.45, 2.75) is 29.7 Å². The molecule has 2 N–H and O–H groups in total. The number of aromatic nitrogens is 2. The van der Waals surface area contributed by atoms with E-state index in [9.17, 15) is 10.1 Å². The Balaban J connectivity index is 2.30. The zero-order valence-electron chi connectivity index (χ0n) is 11.1. The number of hydrogen-bond donors (Lipinski definition) is 1. The molecule has 1 aromatic carbocycles. The first kappa shape index (κ1) is 14.3. The van der Waals surface area contributed by atoms with Gasteiger partial charge in [0.1, 0.15) is 6.33 Å². The average molecular weight is 290 g/mol. The van der Waals surface area contributed by atoms with E-state index >= 15 is 0 Å².